The van der Waals surface area contributed by atoms with Gasteiger partial charge in [0.25, 0.3) is 0 Å². The summed E-state index contributed by atoms with van der Waals surface area (Å²) >= 11 is 0. The highest BCUT2D eigenvalue weighted by atomic mass is 16.5. The van der Waals surface area contributed by atoms with Gasteiger partial charge in [-0.25, -0.2) is 4.99 Å². The molecule has 1 aliphatic rings. The number of hydrogen-bond donors (Lipinski definition) is 0. The number of para-hydroxylation sites is 3. The predicted octanol–water partition coefficient (Wildman–Crippen LogP) is 5.99. The topological polar surface area (TPSA) is 21.6 Å². The second kappa shape index (κ2) is 6.93. The molecule has 0 radical (unpaired) electrons. The highest BCUT2D eigenvalue weighted by Crippen LogP contribution is 2.38. The average molecular weight is 301 g/mol. The molecular weight excluding hydrogens is 282 g/mol. The third-order valence-electron chi connectivity index (χ3n) is 3.51. The Morgan fingerprint density at radius 3 is 2.04 bits per heavy atom. The second-order valence-corrected chi connectivity index (χ2v) is 4.89. The molecule has 2 nitrogen and oxygen atoms in total. The number of rotatable bonds is 1. The molecule has 0 aromatic heterocycles. The van der Waals surface area contributed by atoms with Crippen molar-refractivity contribution in [3.05, 3.63) is 90.0 Å². The first-order valence-electron chi connectivity index (χ1n) is 7.92. The van der Waals surface area contributed by atoms with E-state index in [4.69, 9.17) is 9.73 Å². The van der Waals surface area contributed by atoms with Crippen LogP contribution < -0.4 is 4.74 Å². The van der Waals surface area contributed by atoms with E-state index in [1.165, 1.54) is 0 Å². The van der Waals surface area contributed by atoms with Crippen LogP contribution in [0.25, 0.3) is 0 Å². The van der Waals surface area contributed by atoms with Gasteiger partial charge in [0.15, 0.2) is 5.75 Å². The molecule has 114 valence electrons. The zero-order chi connectivity index (χ0) is 16.1. The standard InChI is InChI=1S/C19H13NO.C2H6/c1-2-8-14(9-3-1)19-15-10-4-6-12-17(15)21-18-13-7-5-11-16(18)20-19;1-2/h1-13H;1-2H3. The lowest BCUT2D eigenvalue weighted by atomic mass is 10.0. The summed E-state index contributed by atoms with van der Waals surface area (Å²) in [5.41, 5.74) is 3.90. The van der Waals surface area contributed by atoms with E-state index in [9.17, 15) is 0 Å². The number of hydrogen-bond acceptors (Lipinski definition) is 2. The molecule has 1 aliphatic heterocycles. The van der Waals surface area contributed by atoms with Crippen molar-refractivity contribution in [2.45, 2.75) is 13.8 Å². The lowest BCUT2D eigenvalue weighted by Crippen LogP contribution is -2.03. The minimum atomic E-state index is 0.788. The molecule has 0 amide bonds. The van der Waals surface area contributed by atoms with Crippen LogP contribution in [-0.2, 0) is 0 Å². The van der Waals surface area contributed by atoms with E-state index in [1.807, 2.05) is 80.6 Å². The first-order chi connectivity index (χ1) is 11.4. The second-order valence-electron chi connectivity index (χ2n) is 4.89. The Morgan fingerprint density at radius 1 is 0.652 bits per heavy atom. The molecule has 4 rings (SSSR count). The Balaban J connectivity index is 0.000000753. The Morgan fingerprint density at radius 2 is 1.26 bits per heavy atom. The summed E-state index contributed by atoms with van der Waals surface area (Å²) in [6, 6.07) is 26.1. The number of ether oxygens (including phenoxy) is 1. The molecule has 0 fully saturated rings. The maximum atomic E-state index is 6.04. The first-order valence-corrected chi connectivity index (χ1v) is 7.92. The Labute approximate surface area is 137 Å². The van der Waals surface area contributed by atoms with E-state index in [1.54, 1.807) is 0 Å². The summed E-state index contributed by atoms with van der Waals surface area (Å²) in [6.07, 6.45) is 0. The Hall–Kier alpha value is -2.87. The molecule has 0 spiro atoms. The van der Waals surface area contributed by atoms with Gasteiger partial charge in [0, 0.05) is 11.1 Å². The molecule has 0 atom stereocenters. The lowest BCUT2D eigenvalue weighted by Gasteiger charge is -2.09. The van der Waals surface area contributed by atoms with Crippen molar-refractivity contribution in [1.29, 1.82) is 0 Å². The molecule has 2 heteroatoms. The van der Waals surface area contributed by atoms with Crippen LogP contribution in [0.4, 0.5) is 5.69 Å². The van der Waals surface area contributed by atoms with Gasteiger partial charge in [-0.15, -0.1) is 0 Å². The van der Waals surface area contributed by atoms with Gasteiger partial charge in [0.2, 0.25) is 0 Å². The quantitative estimate of drug-likeness (QED) is 0.423. The maximum absolute atomic E-state index is 6.04. The molecule has 0 unspecified atom stereocenters. The monoisotopic (exact) mass is 301 g/mol. The van der Waals surface area contributed by atoms with Gasteiger partial charge in [-0.3, -0.25) is 0 Å². The van der Waals surface area contributed by atoms with Crippen LogP contribution in [0.5, 0.6) is 11.5 Å². The van der Waals surface area contributed by atoms with Crippen LogP contribution in [0.3, 0.4) is 0 Å². The third kappa shape index (κ3) is 3.02. The van der Waals surface area contributed by atoms with E-state index in [0.717, 1.165) is 34.0 Å². The molecule has 1 heterocycles. The van der Waals surface area contributed by atoms with Crippen molar-refractivity contribution < 1.29 is 4.74 Å². The van der Waals surface area contributed by atoms with E-state index < -0.39 is 0 Å². The molecule has 3 aromatic carbocycles. The Bertz CT molecular complexity index is 822. The predicted molar refractivity (Wildman–Crippen MR) is 96.0 cm³/mol. The van der Waals surface area contributed by atoms with Crippen molar-refractivity contribution in [2.24, 2.45) is 4.99 Å². The van der Waals surface area contributed by atoms with E-state index >= 15 is 0 Å². The van der Waals surface area contributed by atoms with Crippen LogP contribution in [0.1, 0.15) is 25.0 Å². The van der Waals surface area contributed by atoms with Crippen molar-refractivity contribution >= 4 is 11.4 Å². The lowest BCUT2D eigenvalue weighted by molar-refractivity contribution is 0.485. The third-order valence-corrected chi connectivity index (χ3v) is 3.51. The van der Waals surface area contributed by atoms with Gasteiger partial charge in [0.1, 0.15) is 11.4 Å². The molecule has 0 bridgehead atoms. The summed E-state index contributed by atoms with van der Waals surface area (Å²) < 4.78 is 6.04. The van der Waals surface area contributed by atoms with E-state index in [-0.39, 0.29) is 0 Å². The highest BCUT2D eigenvalue weighted by Gasteiger charge is 2.18. The van der Waals surface area contributed by atoms with Crippen LogP contribution in [0.15, 0.2) is 83.9 Å². The van der Waals surface area contributed by atoms with Crippen molar-refractivity contribution in [1.82, 2.24) is 0 Å². The first kappa shape index (κ1) is 15.0. The maximum Gasteiger partial charge on any atom is 0.153 e. The van der Waals surface area contributed by atoms with E-state index in [0.29, 0.717) is 0 Å². The normalized spacial score (nSPS) is 11.7. The number of aliphatic imine (C=N–C) groups is 1. The van der Waals surface area contributed by atoms with Gasteiger partial charge in [-0.2, -0.15) is 0 Å². The van der Waals surface area contributed by atoms with Crippen molar-refractivity contribution in [2.75, 3.05) is 0 Å². The van der Waals surface area contributed by atoms with Gasteiger partial charge in [-0.05, 0) is 24.3 Å². The molecule has 0 N–H and O–H groups in total. The van der Waals surface area contributed by atoms with Crippen LogP contribution >= 0.6 is 0 Å². The fourth-order valence-corrected chi connectivity index (χ4v) is 2.50. The summed E-state index contributed by atoms with van der Waals surface area (Å²) in [7, 11) is 0. The smallest absolute Gasteiger partial charge is 0.153 e. The average Bonchev–Trinajstić information content (AvgIpc) is 2.81. The summed E-state index contributed by atoms with van der Waals surface area (Å²) in [6.45, 7) is 4.00. The molecular formula is C21H19NO. The van der Waals surface area contributed by atoms with Crippen LogP contribution in [0, 0.1) is 0 Å². The van der Waals surface area contributed by atoms with Crippen molar-refractivity contribution in [3.63, 3.8) is 0 Å². The van der Waals surface area contributed by atoms with Gasteiger partial charge in [-0.1, -0.05) is 68.4 Å². The summed E-state index contributed by atoms with van der Waals surface area (Å²) in [5.74, 6) is 1.63. The number of fused-ring (bicyclic) bond motifs is 2. The fraction of sp³-hybridized carbons (Fsp3) is 0.0952. The number of benzene rings is 3. The van der Waals surface area contributed by atoms with Crippen molar-refractivity contribution in [3.8, 4) is 11.5 Å². The Kier molecular flexibility index (Phi) is 4.53. The summed E-state index contributed by atoms with van der Waals surface area (Å²) in [4.78, 5) is 4.84. The van der Waals surface area contributed by atoms with E-state index in [2.05, 4.69) is 12.1 Å². The number of nitrogens with zero attached hydrogens (tertiary/aromatic N) is 1. The minimum Gasteiger partial charge on any atom is -0.454 e. The largest absolute Gasteiger partial charge is 0.454 e. The molecule has 0 saturated carbocycles. The minimum absolute atomic E-state index is 0.788. The SMILES string of the molecule is CC.c1ccc(C2=Nc3ccccc3Oc3ccccc32)cc1. The molecule has 3 aromatic rings. The molecule has 0 saturated heterocycles. The van der Waals surface area contributed by atoms with Gasteiger partial charge >= 0.3 is 0 Å². The summed E-state index contributed by atoms with van der Waals surface area (Å²) in [5, 5.41) is 0. The zero-order valence-corrected chi connectivity index (χ0v) is 13.4. The van der Waals surface area contributed by atoms with Gasteiger partial charge in [0.05, 0.1) is 5.71 Å². The van der Waals surface area contributed by atoms with Crippen LogP contribution in [-0.4, -0.2) is 5.71 Å². The van der Waals surface area contributed by atoms with Crippen LogP contribution in [0.2, 0.25) is 0 Å². The fourth-order valence-electron chi connectivity index (χ4n) is 2.50. The molecule has 0 aliphatic carbocycles. The van der Waals surface area contributed by atoms with Gasteiger partial charge < -0.3 is 4.74 Å². The molecule has 23 heavy (non-hydrogen) atoms. The highest BCUT2D eigenvalue weighted by molar-refractivity contribution is 6.16. The zero-order valence-electron chi connectivity index (χ0n) is 13.4.